The van der Waals surface area contributed by atoms with Gasteiger partial charge < -0.3 is 33.5 Å². The predicted molar refractivity (Wildman–Crippen MR) is 105 cm³/mol. The lowest BCUT2D eigenvalue weighted by atomic mass is 9.98. The average Bonchev–Trinajstić information content (AvgIpc) is 2.70. The van der Waals surface area contributed by atoms with Crippen molar-refractivity contribution in [1.29, 1.82) is 0 Å². The van der Waals surface area contributed by atoms with Crippen LogP contribution in [0.4, 0.5) is 0 Å². The fraction of sp³-hybridized carbons (Fsp3) is 0.524. The van der Waals surface area contributed by atoms with E-state index in [1.165, 1.54) is 6.92 Å². The van der Waals surface area contributed by atoms with Crippen molar-refractivity contribution in [3.8, 4) is 5.75 Å². The maximum absolute atomic E-state index is 11.8. The number of ether oxygens (including phenoxy) is 6. The fourth-order valence-corrected chi connectivity index (χ4v) is 3.09. The molecule has 4 unspecified atom stereocenters. The summed E-state index contributed by atoms with van der Waals surface area (Å²) in [5, 5.41) is 9.20. The second-order valence-corrected chi connectivity index (χ2v) is 6.99. The Bertz CT molecular complexity index is 820. The van der Waals surface area contributed by atoms with Gasteiger partial charge in [0.15, 0.2) is 12.2 Å². The molecule has 1 saturated heterocycles. The SMILES string of the molecule is CC(=O)OCC1O[C@@H](Oc2ccc(CO)cc2)C(OC(C)=O)C(OC(C)=O)C1OC(C)=O. The lowest BCUT2D eigenvalue weighted by Crippen LogP contribution is -2.63. The number of aliphatic hydroxyl groups excluding tert-OH is 1. The largest absolute Gasteiger partial charge is 0.463 e. The van der Waals surface area contributed by atoms with Crippen molar-refractivity contribution in [2.24, 2.45) is 0 Å². The number of carbonyl (C=O) groups is 4. The van der Waals surface area contributed by atoms with Crippen LogP contribution in [0.15, 0.2) is 24.3 Å². The standard InChI is InChI=1S/C21H26O11/c1-11(23)27-10-17-18(28-12(2)24)19(29-13(3)25)20(30-14(4)26)21(32-17)31-16-7-5-15(9-22)6-8-16/h5-8,17-22H,9-10H2,1-4H3/t17?,18?,19?,20?,21-/m1/s1. The van der Waals surface area contributed by atoms with E-state index in [1.54, 1.807) is 24.3 Å². The van der Waals surface area contributed by atoms with E-state index in [2.05, 4.69) is 0 Å². The van der Waals surface area contributed by atoms with E-state index in [1.807, 2.05) is 0 Å². The van der Waals surface area contributed by atoms with Gasteiger partial charge in [-0.2, -0.15) is 0 Å². The van der Waals surface area contributed by atoms with Gasteiger partial charge in [-0.15, -0.1) is 0 Å². The molecule has 1 aromatic rings. The van der Waals surface area contributed by atoms with Crippen LogP contribution in [0, 0.1) is 0 Å². The van der Waals surface area contributed by atoms with E-state index >= 15 is 0 Å². The highest BCUT2D eigenvalue weighted by atomic mass is 16.7. The van der Waals surface area contributed by atoms with E-state index < -0.39 is 54.6 Å². The zero-order valence-electron chi connectivity index (χ0n) is 18.1. The summed E-state index contributed by atoms with van der Waals surface area (Å²) in [7, 11) is 0. The van der Waals surface area contributed by atoms with Crippen LogP contribution in [-0.4, -0.2) is 66.3 Å². The van der Waals surface area contributed by atoms with Crippen molar-refractivity contribution in [2.75, 3.05) is 6.61 Å². The molecule has 0 aliphatic carbocycles. The van der Waals surface area contributed by atoms with Gasteiger partial charge in [-0.3, -0.25) is 19.2 Å². The monoisotopic (exact) mass is 454 g/mol. The summed E-state index contributed by atoms with van der Waals surface area (Å²) in [5.74, 6) is -2.49. The highest BCUT2D eigenvalue weighted by Crippen LogP contribution is 2.31. The van der Waals surface area contributed by atoms with Gasteiger partial charge in [0, 0.05) is 27.7 Å². The number of aliphatic hydroxyl groups is 1. The van der Waals surface area contributed by atoms with Crippen LogP contribution in [0.1, 0.15) is 33.3 Å². The highest BCUT2D eigenvalue weighted by molar-refractivity contribution is 5.68. The average molecular weight is 454 g/mol. The van der Waals surface area contributed by atoms with E-state index in [0.29, 0.717) is 11.3 Å². The summed E-state index contributed by atoms with van der Waals surface area (Å²) < 4.78 is 32.6. The summed E-state index contributed by atoms with van der Waals surface area (Å²) in [6.07, 6.45) is -6.28. The molecule has 11 nitrogen and oxygen atoms in total. The summed E-state index contributed by atoms with van der Waals surface area (Å²) in [4.78, 5) is 46.6. The lowest BCUT2D eigenvalue weighted by Gasteiger charge is -2.43. The number of rotatable bonds is 8. The molecule has 176 valence electrons. The number of esters is 4. The molecule has 1 aromatic carbocycles. The molecule has 0 amide bonds. The first-order valence-electron chi connectivity index (χ1n) is 9.77. The lowest BCUT2D eigenvalue weighted by molar-refractivity contribution is -0.288. The first kappa shape index (κ1) is 25.1. The number of hydrogen-bond acceptors (Lipinski definition) is 11. The predicted octanol–water partition coefficient (Wildman–Crippen LogP) is 0.641. The smallest absolute Gasteiger partial charge is 0.303 e. The topological polar surface area (TPSA) is 144 Å². The maximum Gasteiger partial charge on any atom is 0.303 e. The number of carbonyl (C=O) groups excluding carboxylic acids is 4. The summed E-state index contributed by atoms with van der Waals surface area (Å²) in [6.45, 7) is 4.09. The third-order valence-corrected chi connectivity index (χ3v) is 4.31. The van der Waals surface area contributed by atoms with Gasteiger partial charge in [0.05, 0.1) is 6.61 Å². The molecule has 1 heterocycles. The summed E-state index contributed by atoms with van der Waals surface area (Å²) in [5.41, 5.74) is 0.638. The maximum atomic E-state index is 11.8. The van der Waals surface area contributed by atoms with Gasteiger partial charge >= 0.3 is 23.9 Å². The van der Waals surface area contributed by atoms with Crippen LogP contribution in [0.2, 0.25) is 0 Å². The Morgan fingerprint density at radius 2 is 1.34 bits per heavy atom. The van der Waals surface area contributed by atoms with E-state index in [4.69, 9.17) is 28.4 Å². The molecule has 0 radical (unpaired) electrons. The van der Waals surface area contributed by atoms with Crippen molar-refractivity contribution >= 4 is 23.9 Å². The number of hydrogen-bond donors (Lipinski definition) is 1. The third-order valence-electron chi connectivity index (χ3n) is 4.31. The van der Waals surface area contributed by atoms with Gasteiger partial charge in [0.1, 0.15) is 18.5 Å². The molecule has 1 aliphatic heterocycles. The fourth-order valence-electron chi connectivity index (χ4n) is 3.09. The summed E-state index contributed by atoms with van der Waals surface area (Å²) >= 11 is 0. The molecule has 1 fully saturated rings. The van der Waals surface area contributed by atoms with Crippen molar-refractivity contribution in [1.82, 2.24) is 0 Å². The number of benzene rings is 1. The van der Waals surface area contributed by atoms with Crippen LogP contribution < -0.4 is 4.74 Å². The van der Waals surface area contributed by atoms with Crippen LogP contribution in [-0.2, 0) is 49.5 Å². The third kappa shape index (κ3) is 7.20. The molecule has 11 heteroatoms. The zero-order chi connectivity index (χ0) is 23.8. The Balaban J connectivity index is 2.42. The first-order chi connectivity index (χ1) is 15.1. The molecule has 0 spiro atoms. The molecule has 0 saturated carbocycles. The van der Waals surface area contributed by atoms with Crippen molar-refractivity contribution in [3.05, 3.63) is 29.8 Å². The molecule has 1 aliphatic rings. The zero-order valence-corrected chi connectivity index (χ0v) is 18.1. The Hall–Kier alpha value is -3.18. The molecule has 1 N–H and O–H groups in total. The molecule has 2 rings (SSSR count). The second kappa shape index (κ2) is 11.4. The molecule has 0 aromatic heterocycles. The Morgan fingerprint density at radius 3 is 1.84 bits per heavy atom. The normalized spacial score (nSPS) is 24.7. The van der Waals surface area contributed by atoms with E-state index in [-0.39, 0.29) is 13.2 Å². The van der Waals surface area contributed by atoms with Crippen molar-refractivity contribution in [3.63, 3.8) is 0 Å². The molecule has 32 heavy (non-hydrogen) atoms. The van der Waals surface area contributed by atoms with E-state index in [0.717, 1.165) is 20.8 Å². The van der Waals surface area contributed by atoms with Gasteiger partial charge in [0.2, 0.25) is 12.4 Å². The van der Waals surface area contributed by atoms with Crippen molar-refractivity contribution in [2.45, 2.75) is 65.0 Å². The van der Waals surface area contributed by atoms with Gasteiger partial charge in [-0.25, -0.2) is 0 Å². The highest BCUT2D eigenvalue weighted by Gasteiger charge is 2.53. The molecule has 5 atom stereocenters. The quantitative estimate of drug-likeness (QED) is 0.436. The molecular formula is C21H26O11. The first-order valence-corrected chi connectivity index (χ1v) is 9.77. The minimum Gasteiger partial charge on any atom is -0.463 e. The Labute approximate surface area is 184 Å². The Kier molecular flexibility index (Phi) is 8.97. The minimum absolute atomic E-state index is 0.167. The van der Waals surface area contributed by atoms with E-state index in [9.17, 15) is 24.3 Å². The minimum atomic E-state index is -1.31. The van der Waals surface area contributed by atoms with Gasteiger partial charge in [-0.1, -0.05) is 12.1 Å². The van der Waals surface area contributed by atoms with Crippen LogP contribution in [0.25, 0.3) is 0 Å². The van der Waals surface area contributed by atoms with Gasteiger partial charge in [-0.05, 0) is 17.7 Å². The molecule has 0 bridgehead atoms. The van der Waals surface area contributed by atoms with Crippen LogP contribution in [0.5, 0.6) is 5.75 Å². The summed E-state index contributed by atoms with van der Waals surface area (Å²) in [6, 6.07) is 6.33. The Morgan fingerprint density at radius 1 is 0.812 bits per heavy atom. The van der Waals surface area contributed by atoms with Crippen LogP contribution >= 0.6 is 0 Å². The second-order valence-electron chi connectivity index (χ2n) is 6.99. The molecular weight excluding hydrogens is 428 g/mol. The van der Waals surface area contributed by atoms with Crippen LogP contribution in [0.3, 0.4) is 0 Å². The van der Waals surface area contributed by atoms with Crippen molar-refractivity contribution < 1.29 is 52.7 Å². The van der Waals surface area contributed by atoms with Gasteiger partial charge in [0.25, 0.3) is 0 Å².